The highest BCUT2D eigenvalue weighted by Crippen LogP contribution is 2.26. The monoisotopic (exact) mass is 309 g/mol. The zero-order valence-corrected chi connectivity index (χ0v) is 12.4. The molecule has 0 bridgehead atoms. The van der Waals surface area contributed by atoms with E-state index in [1.54, 1.807) is 31.2 Å². The molecule has 0 spiro atoms. The number of hydrogen-bond donors (Lipinski definition) is 3. The summed E-state index contributed by atoms with van der Waals surface area (Å²) < 4.78 is 13.3. The van der Waals surface area contributed by atoms with Gasteiger partial charge in [0.05, 0.1) is 6.61 Å². The van der Waals surface area contributed by atoms with Gasteiger partial charge in [-0.2, -0.15) is 0 Å². The summed E-state index contributed by atoms with van der Waals surface area (Å²) in [6.45, 7) is 2.41. The summed E-state index contributed by atoms with van der Waals surface area (Å²) in [6, 6.07) is 8.02. The van der Waals surface area contributed by atoms with Crippen LogP contribution in [0.4, 0.5) is 4.39 Å². The van der Waals surface area contributed by atoms with E-state index in [0.717, 1.165) is 11.1 Å². The Balaban J connectivity index is 2.02. The van der Waals surface area contributed by atoms with Crippen LogP contribution >= 0.6 is 11.6 Å². The second-order valence-electron chi connectivity index (χ2n) is 4.92. The van der Waals surface area contributed by atoms with E-state index in [4.69, 9.17) is 16.7 Å². The molecule has 0 heterocycles. The number of aromatic hydroxyl groups is 1. The second-order valence-corrected chi connectivity index (χ2v) is 5.35. The number of nitrogens with one attached hydrogen (secondary N) is 1. The number of aliphatic hydroxyl groups excluding tert-OH is 1. The van der Waals surface area contributed by atoms with E-state index in [1.807, 2.05) is 0 Å². The number of rotatable bonds is 5. The summed E-state index contributed by atoms with van der Waals surface area (Å²) in [5.41, 5.74) is 2.57. The molecule has 0 fully saturated rings. The van der Waals surface area contributed by atoms with Crippen LogP contribution in [0.2, 0.25) is 5.02 Å². The first-order chi connectivity index (χ1) is 10.0. The van der Waals surface area contributed by atoms with E-state index in [9.17, 15) is 9.50 Å². The van der Waals surface area contributed by atoms with Gasteiger partial charge in [0.15, 0.2) is 0 Å². The molecule has 0 aliphatic heterocycles. The van der Waals surface area contributed by atoms with Crippen LogP contribution in [0, 0.1) is 12.7 Å². The number of phenols is 1. The van der Waals surface area contributed by atoms with Crippen molar-refractivity contribution in [1.29, 1.82) is 0 Å². The molecule has 0 saturated carbocycles. The second kappa shape index (κ2) is 6.89. The van der Waals surface area contributed by atoms with Crippen molar-refractivity contribution < 1.29 is 14.6 Å². The van der Waals surface area contributed by atoms with E-state index in [-0.39, 0.29) is 17.9 Å². The lowest BCUT2D eigenvalue weighted by molar-refractivity contribution is 0.275. The molecule has 0 unspecified atom stereocenters. The molecule has 0 amide bonds. The van der Waals surface area contributed by atoms with Crippen molar-refractivity contribution in [2.24, 2.45) is 0 Å². The number of halogens is 2. The van der Waals surface area contributed by atoms with Crippen molar-refractivity contribution in [2.45, 2.75) is 26.6 Å². The van der Waals surface area contributed by atoms with Crippen LogP contribution in [0.15, 0.2) is 30.3 Å². The molecule has 0 aliphatic carbocycles. The minimum absolute atomic E-state index is 0.224. The van der Waals surface area contributed by atoms with Gasteiger partial charge < -0.3 is 15.5 Å². The van der Waals surface area contributed by atoms with Crippen LogP contribution in [-0.2, 0) is 19.7 Å². The topological polar surface area (TPSA) is 52.5 Å². The van der Waals surface area contributed by atoms with E-state index >= 15 is 0 Å². The van der Waals surface area contributed by atoms with Gasteiger partial charge in [0, 0.05) is 29.2 Å². The number of benzene rings is 2. The van der Waals surface area contributed by atoms with Crippen molar-refractivity contribution in [2.75, 3.05) is 0 Å². The molecule has 3 N–H and O–H groups in total. The van der Waals surface area contributed by atoms with Crippen LogP contribution in [0.1, 0.15) is 22.3 Å². The highest BCUT2D eigenvalue weighted by Gasteiger charge is 2.07. The SMILES string of the molecule is Cc1cc(Cl)cc(CNCc2ccc(F)c(CO)c2)c1O. The summed E-state index contributed by atoms with van der Waals surface area (Å²) in [4.78, 5) is 0. The van der Waals surface area contributed by atoms with Crippen molar-refractivity contribution >= 4 is 11.6 Å². The lowest BCUT2D eigenvalue weighted by atomic mass is 10.1. The Morgan fingerprint density at radius 2 is 1.90 bits per heavy atom. The van der Waals surface area contributed by atoms with Gasteiger partial charge in [-0.3, -0.25) is 0 Å². The smallest absolute Gasteiger partial charge is 0.128 e. The molecule has 2 rings (SSSR count). The molecule has 21 heavy (non-hydrogen) atoms. The molecule has 112 valence electrons. The van der Waals surface area contributed by atoms with E-state index in [0.29, 0.717) is 23.7 Å². The van der Waals surface area contributed by atoms with Gasteiger partial charge in [-0.15, -0.1) is 0 Å². The molecule has 2 aromatic carbocycles. The maximum absolute atomic E-state index is 13.3. The molecular formula is C16H17ClFNO2. The van der Waals surface area contributed by atoms with Gasteiger partial charge in [-0.05, 0) is 42.3 Å². The minimum Gasteiger partial charge on any atom is -0.507 e. The highest BCUT2D eigenvalue weighted by atomic mass is 35.5. The lowest BCUT2D eigenvalue weighted by Gasteiger charge is -2.10. The molecule has 5 heteroatoms. The maximum atomic E-state index is 13.3. The Hall–Kier alpha value is -1.62. The van der Waals surface area contributed by atoms with E-state index in [2.05, 4.69) is 5.32 Å². The Labute approximate surface area is 128 Å². The average Bonchev–Trinajstić information content (AvgIpc) is 2.45. The fourth-order valence-corrected chi connectivity index (χ4v) is 2.44. The molecule has 0 atom stereocenters. The van der Waals surface area contributed by atoms with Gasteiger partial charge in [-0.25, -0.2) is 4.39 Å². The lowest BCUT2D eigenvalue weighted by Crippen LogP contribution is -2.13. The summed E-state index contributed by atoms with van der Waals surface area (Å²) in [5, 5.41) is 22.7. The van der Waals surface area contributed by atoms with E-state index in [1.165, 1.54) is 6.07 Å². The quantitative estimate of drug-likeness (QED) is 0.794. The van der Waals surface area contributed by atoms with Gasteiger partial charge in [-0.1, -0.05) is 17.7 Å². The maximum Gasteiger partial charge on any atom is 0.128 e. The fraction of sp³-hybridized carbons (Fsp3) is 0.250. The summed E-state index contributed by atoms with van der Waals surface area (Å²) in [6.07, 6.45) is 0. The van der Waals surface area contributed by atoms with Crippen LogP contribution in [0.5, 0.6) is 5.75 Å². The van der Waals surface area contributed by atoms with Crippen LogP contribution in [0.3, 0.4) is 0 Å². The zero-order valence-electron chi connectivity index (χ0n) is 11.7. The Bertz CT molecular complexity index is 646. The van der Waals surface area contributed by atoms with E-state index < -0.39 is 5.82 Å². The van der Waals surface area contributed by atoms with Gasteiger partial charge in [0.2, 0.25) is 0 Å². The zero-order chi connectivity index (χ0) is 15.4. The van der Waals surface area contributed by atoms with Gasteiger partial charge >= 0.3 is 0 Å². The van der Waals surface area contributed by atoms with Crippen molar-refractivity contribution in [3.8, 4) is 5.75 Å². The Morgan fingerprint density at radius 1 is 1.14 bits per heavy atom. The molecule has 0 aliphatic rings. The molecule has 2 aromatic rings. The first-order valence-electron chi connectivity index (χ1n) is 6.58. The first kappa shape index (κ1) is 15.8. The van der Waals surface area contributed by atoms with Crippen LogP contribution < -0.4 is 5.32 Å². The van der Waals surface area contributed by atoms with Crippen molar-refractivity contribution in [3.05, 3.63) is 63.4 Å². The molecule has 0 saturated heterocycles. The summed E-state index contributed by atoms with van der Waals surface area (Å²) in [5.74, 6) is -0.189. The third-order valence-electron chi connectivity index (χ3n) is 3.27. The van der Waals surface area contributed by atoms with Crippen molar-refractivity contribution in [1.82, 2.24) is 5.32 Å². The predicted molar refractivity (Wildman–Crippen MR) is 80.7 cm³/mol. The van der Waals surface area contributed by atoms with Crippen LogP contribution in [-0.4, -0.2) is 10.2 Å². The predicted octanol–water partition coefficient (Wildman–Crippen LogP) is 3.28. The minimum atomic E-state index is -0.413. The van der Waals surface area contributed by atoms with Crippen molar-refractivity contribution in [3.63, 3.8) is 0 Å². The average molecular weight is 310 g/mol. The highest BCUT2D eigenvalue weighted by molar-refractivity contribution is 6.30. The fourth-order valence-electron chi connectivity index (χ4n) is 2.14. The standard InChI is InChI=1S/C16H17ClFNO2/c1-10-4-14(17)6-12(16(10)21)8-19-7-11-2-3-15(18)13(5-11)9-20/h2-6,19-21H,7-9H2,1H3. The molecule has 0 radical (unpaired) electrons. The molecular weight excluding hydrogens is 293 g/mol. The summed E-state index contributed by atoms with van der Waals surface area (Å²) >= 11 is 5.97. The number of hydrogen-bond acceptors (Lipinski definition) is 3. The number of aryl methyl sites for hydroxylation is 1. The molecule has 3 nitrogen and oxygen atoms in total. The van der Waals surface area contributed by atoms with Crippen LogP contribution in [0.25, 0.3) is 0 Å². The number of phenolic OH excluding ortho intramolecular Hbond substituents is 1. The third kappa shape index (κ3) is 3.94. The Morgan fingerprint density at radius 3 is 2.62 bits per heavy atom. The summed E-state index contributed by atoms with van der Waals surface area (Å²) in [7, 11) is 0. The first-order valence-corrected chi connectivity index (χ1v) is 6.96. The third-order valence-corrected chi connectivity index (χ3v) is 3.49. The number of aliphatic hydroxyl groups is 1. The largest absolute Gasteiger partial charge is 0.507 e. The normalized spacial score (nSPS) is 10.9. The van der Waals surface area contributed by atoms with Gasteiger partial charge in [0.25, 0.3) is 0 Å². The Kier molecular flexibility index (Phi) is 5.17. The molecule has 0 aromatic heterocycles. The van der Waals surface area contributed by atoms with Gasteiger partial charge in [0.1, 0.15) is 11.6 Å².